The molecule has 2 atom stereocenters. The Kier molecular flexibility index (Phi) is 3.99. The van der Waals surface area contributed by atoms with E-state index < -0.39 is 0 Å². The minimum Gasteiger partial charge on any atom is -0.354 e. The van der Waals surface area contributed by atoms with Gasteiger partial charge in [0.05, 0.1) is 17.9 Å². The number of carbonyl (C=O) groups excluding carboxylic acids is 1. The molecular formula is C15H18N2O. The Balaban J connectivity index is 2.06. The fourth-order valence-corrected chi connectivity index (χ4v) is 2.45. The van der Waals surface area contributed by atoms with Gasteiger partial charge in [0.1, 0.15) is 0 Å². The normalized spacial score (nSPS) is 19.4. The first-order chi connectivity index (χ1) is 8.72. The Morgan fingerprint density at radius 3 is 3.11 bits per heavy atom. The fourth-order valence-electron chi connectivity index (χ4n) is 2.45. The first kappa shape index (κ1) is 12.6. The van der Waals surface area contributed by atoms with Gasteiger partial charge in [-0.25, -0.2) is 0 Å². The van der Waals surface area contributed by atoms with Crippen LogP contribution in [0.25, 0.3) is 0 Å². The van der Waals surface area contributed by atoms with Crippen LogP contribution >= 0.6 is 0 Å². The van der Waals surface area contributed by atoms with Gasteiger partial charge in [0.15, 0.2) is 0 Å². The van der Waals surface area contributed by atoms with E-state index >= 15 is 0 Å². The number of nitriles is 1. The summed E-state index contributed by atoms with van der Waals surface area (Å²) in [4.78, 5) is 12.2. The SMILES string of the molecule is CC(C#N)CNC(=O)C1CCCc2ccccc21. The van der Waals surface area contributed by atoms with Crippen molar-refractivity contribution in [3.8, 4) is 6.07 Å². The molecule has 0 aromatic heterocycles. The third kappa shape index (κ3) is 2.70. The van der Waals surface area contributed by atoms with Crippen molar-refractivity contribution in [1.82, 2.24) is 5.32 Å². The number of hydrogen-bond acceptors (Lipinski definition) is 2. The van der Waals surface area contributed by atoms with E-state index in [4.69, 9.17) is 5.26 Å². The van der Waals surface area contributed by atoms with Crippen molar-refractivity contribution in [2.24, 2.45) is 5.92 Å². The minimum absolute atomic E-state index is 0.0409. The second-order valence-electron chi connectivity index (χ2n) is 4.92. The second-order valence-corrected chi connectivity index (χ2v) is 4.92. The van der Waals surface area contributed by atoms with Crippen LogP contribution in [0.15, 0.2) is 24.3 Å². The molecule has 1 aromatic carbocycles. The fraction of sp³-hybridized carbons (Fsp3) is 0.467. The number of nitrogens with zero attached hydrogens (tertiary/aromatic N) is 1. The van der Waals surface area contributed by atoms with Gasteiger partial charge >= 0.3 is 0 Å². The number of nitrogens with one attached hydrogen (secondary N) is 1. The maximum Gasteiger partial charge on any atom is 0.227 e. The van der Waals surface area contributed by atoms with E-state index in [1.807, 2.05) is 25.1 Å². The number of aryl methyl sites for hydroxylation is 1. The lowest BCUT2D eigenvalue weighted by molar-refractivity contribution is -0.123. The molecule has 3 heteroatoms. The molecule has 2 rings (SSSR count). The summed E-state index contributed by atoms with van der Waals surface area (Å²) in [5.41, 5.74) is 2.45. The minimum atomic E-state index is -0.132. The highest BCUT2D eigenvalue weighted by atomic mass is 16.1. The van der Waals surface area contributed by atoms with Gasteiger partial charge in [-0.05, 0) is 37.3 Å². The summed E-state index contributed by atoms with van der Waals surface area (Å²) in [6.07, 6.45) is 3.03. The van der Waals surface area contributed by atoms with E-state index in [0.717, 1.165) is 24.8 Å². The molecule has 0 fully saturated rings. The topological polar surface area (TPSA) is 52.9 Å². The van der Waals surface area contributed by atoms with Crippen molar-refractivity contribution in [2.45, 2.75) is 32.1 Å². The van der Waals surface area contributed by atoms with Crippen LogP contribution in [0, 0.1) is 17.2 Å². The summed E-state index contributed by atoms with van der Waals surface area (Å²) in [5.74, 6) is -0.113. The lowest BCUT2D eigenvalue weighted by Crippen LogP contribution is -2.34. The molecule has 1 aliphatic rings. The predicted octanol–water partition coefficient (Wildman–Crippen LogP) is 2.38. The zero-order chi connectivity index (χ0) is 13.0. The number of benzene rings is 1. The molecule has 0 saturated heterocycles. The highest BCUT2D eigenvalue weighted by Crippen LogP contribution is 2.31. The van der Waals surface area contributed by atoms with Crippen LogP contribution in [0.5, 0.6) is 0 Å². The van der Waals surface area contributed by atoms with Crippen LogP contribution in [0.2, 0.25) is 0 Å². The van der Waals surface area contributed by atoms with Crippen molar-refractivity contribution in [3.63, 3.8) is 0 Å². The van der Waals surface area contributed by atoms with Gasteiger partial charge in [0.25, 0.3) is 0 Å². The Hall–Kier alpha value is -1.82. The molecule has 3 nitrogen and oxygen atoms in total. The standard InChI is InChI=1S/C15H18N2O/c1-11(9-16)10-17-15(18)14-8-4-6-12-5-2-3-7-13(12)14/h2-3,5,7,11,14H,4,6,8,10H2,1H3,(H,17,18). The van der Waals surface area contributed by atoms with E-state index in [1.54, 1.807) is 0 Å². The Morgan fingerprint density at radius 1 is 1.56 bits per heavy atom. The highest BCUT2D eigenvalue weighted by molar-refractivity contribution is 5.84. The largest absolute Gasteiger partial charge is 0.354 e. The lowest BCUT2D eigenvalue weighted by atomic mass is 9.82. The van der Waals surface area contributed by atoms with Gasteiger partial charge in [-0.2, -0.15) is 5.26 Å². The molecule has 1 aliphatic carbocycles. The second kappa shape index (κ2) is 5.68. The molecule has 1 aromatic rings. The summed E-state index contributed by atoms with van der Waals surface area (Å²) in [7, 11) is 0. The Labute approximate surface area is 108 Å². The quantitative estimate of drug-likeness (QED) is 0.884. The number of hydrogen-bond donors (Lipinski definition) is 1. The number of fused-ring (bicyclic) bond motifs is 1. The van der Waals surface area contributed by atoms with Crippen molar-refractivity contribution in [1.29, 1.82) is 5.26 Å². The Morgan fingerprint density at radius 2 is 2.33 bits per heavy atom. The van der Waals surface area contributed by atoms with E-state index in [2.05, 4.69) is 17.5 Å². The summed E-state index contributed by atoms with van der Waals surface area (Å²) in [6.45, 7) is 2.25. The third-order valence-corrected chi connectivity index (χ3v) is 3.49. The van der Waals surface area contributed by atoms with Crippen molar-refractivity contribution >= 4 is 5.91 Å². The first-order valence-electron chi connectivity index (χ1n) is 6.47. The lowest BCUT2D eigenvalue weighted by Gasteiger charge is -2.24. The van der Waals surface area contributed by atoms with Crippen molar-refractivity contribution in [2.75, 3.05) is 6.54 Å². The molecule has 0 aliphatic heterocycles. The molecule has 0 heterocycles. The zero-order valence-corrected chi connectivity index (χ0v) is 10.6. The van der Waals surface area contributed by atoms with Gasteiger partial charge in [-0.1, -0.05) is 24.3 Å². The van der Waals surface area contributed by atoms with E-state index in [-0.39, 0.29) is 17.7 Å². The molecule has 1 amide bonds. The molecule has 0 spiro atoms. The first-order valence-corrected chi connectivity index (χ1v) is 6.47. The van der Waals surface area contributed by atoms with Crippen molar-refractivity contribution < 1.29 is 4.79 Å². The summed E-state index contributed by atoms with van der Waals surface area (Å²) < 4.78 is 0. The number of carbonyl (C=O) groups is 1. The third-order valence-electron chi connectivity index (χ3n) is 3.49. The van der Waals surface area contributed by atoms with E-state index in [9.17, 15) is 4.79 Å². The molecule has 1 N–H and O–H groups in total. The van der Waals surface area contributed by atoms with Gasteiger partial charge in [0, 0.05) is 6.54 Å². The molecular weight excluding hydrogens is 224 g/mol. The van der Waals surface area contributed by atoms with Gasteiger partial charge in [0.2, 0.25) is 5.91 Å². The monoisotopic (exact) mass is 242 g/mol. The summed E-state index contributed by atoms with van der Waals surface area (Å²) in [6, 6.07) is 10.3. The van der Waals surface area contributed by atoms with E-state index in [0.29, 0.717) is 6.54 Å². The smallest absolute Gasteiger partial charge is 0.227 e. The van der Waals surface area contributed by atoms with Crippen LogP contribution in [0.1, 0.15) is 36.8 Å². The predicted molar refractivity (Wildman–Crippen MR) is 69.9 cm³/mol. The van der Waals surface area contributed by atoms with Crippen molar-refractivity contribution in [3.05, 3.63) is 35.4 Å². The maximum absolute atomic E-state index is 12.2. The number of amides is 1. The van der Waals surface area contributed by atoms with Crippen LogP contribution in [-0.2, 0) is 11.2 Å². The summed E-state index contributed by atoms with van der Waals surface area (Å²) >= 11 is 0. The molecule has 2 unspecified atom stereocenters. The Bertz CT molecular complexity index is 476. The molecule has 0 saturated carbocycles. The maximum atomic E-state index is 12.2. The highest BCUT2D eigenvalue weighted by Gasteiger charge is 2.25. The van der Waals surface area contributed by atoms with E-state index in [1.165, 1.54) is 5.56 Å². The molecule has 0 bridgehead atoms. The summed E-state index contributed by atoms with van der Waals surface area (Å²) in [5, 5.41) is 11.6. The average molecular weight is 242 g/mol. The molecule has 0 radical (unpaired) electrons. The number of rotatable bonds is 3. The molecule has 18 heavy (non-hydrogen) atoms. The van der Waals surface area contributed by atoms with Crippen LogP contribution in [0.4, 0.5) is 0 Å². The van der Waals surface area contributed by atoms with Crippen LogP contribution in [0.3, 0.4) is 0 Å². The van der Waals surface area contributed by atoms with Gasteiger partial charge in [-0.3, -0.25) is 4.79 Å². The average Bonchev–Trinajstić information content (AvgIpc) is 2.43. The van der Waals surface area contributed by atoms with Crippen LogP contribution in [-0.4, -0.2) is 12.5 Å². The zero-order valence-electron chi connectivity index (χ0n) is 10.6. The van der Waals surface area contributed by atoms with Gasteiger partial charge in [-0.15, -0.1) is 0 Å². The molecule has 94 valence electrons. The van der Waals surface area contributed by atoms with Crippen LogP contribution < -0.4 is 5.32 Å². The van der Waals surface area contributed by atoms with Gasteiger partial charge < -0.3 is 5.32 Å².